The smallest absolute Gasteiger partial charge is 0.176 e. The van der Waals surface area contributed by atoms with Gasteiger partial charge in [-0.05, 0) is 41.8 Å². The Kier molecular flexibility index (Phi) is 8.94. The number of hydrogen-bond donors (Lipinski definition) is 2. The van der Waals surface area contributed by atoms with Gasteiger partial charge in [0, 0.05) is 59.8 Å². The molecule has 228 valence electrons. The van der Waals surface area contributed by atoms with Crippen molar-refractivity contribution in [2.75, 3.05) is 62.4 Å². The highest BCUT2D eigenvalue weighted by Crippen LogP contribution is 2.33. The summed E-state index contributed by atoms with van der Waals surface area (Å²) in [5, 5.41) is 23.1. The molecule has 0 aromatic heterocycles. The summed E-state index contributed by atoms with van der Waals surface area (Å²) in [5.41, 5.74) is 3.83. The molecule has 2 unspecified atom stereocenters. The minimum atomic E-state index is -1.54. The molecule has 6 heteroatoms. The lowest BCUT2D eigenvalue weighted by Gasteiger charge is -2.30. The maximum atomic E-state index is 11.5. The highest BCUT2D eigenvalue weighted by atomic mass is 16.5. The molecular weight excluding hydrogens is 560 g/mol. The fraction of sp³-hybridized carbons (Fsp3) is 0.282. The Hall–Kier alpha value is -4.56. The molecule has 4 aromatic carbocycles. The summed E-state index contributed by atoms with van der Waals surface area (Å²) >= 11 is 0. The van der Waals surface area contributed by atoms with E-state index in [1.54, 1.807) is 0 Å². The second-order valence-corrected chi connectivity index (χ2v) is 11.6. The van der Waals surface area contributed by atoms with Crippen LogP contribution in [-0.2, 0) is 27.1 Å². The molecule has 2 N–H and O–H groups in total. The van der Waals surface area contributed by atoms with Crippen molar-refractivity contribution >= 4 is 11.4 Å². The van der Waals surface area contributed by atoms with Crippen molar-refractivity contribution in [3.05, 3.63) is 130 Å². The zero-order chi connectivity index (χ0) is 31.3. The number of anilines is 2. The van der Waals surface area contributed by atoms with Gasteiger partial charge in [-0.3, -0.25) is 0 Å². The Balaban J connectivity index is 1.13. The van der Waals surface area contributed by atoms with Crippen LogP contribution in [0.25, 0.3) is 0 Å². The van der Waals surface area contributed by atoms with Gasteiger partial charge in [-0.15, -0.1) is 12.8 Å². The van der Waals surface area contributed by atoms with Crippen molar-refractivity contribution in [3.63, 3.8) is 0 Å². The van der Waals surface area contributed by atoms with Crippen LogP contribution in [0.3, 0.4) is 0 Å². The summed E-state index contributed by atoms with van der Waals surface area (Å²) in [7, 11) is 0. The van der Waals surface area contributed by atoms with Gasteiger partial charge >= 0.3 is 0 Å². The average Bonchev–Trinajstić information content (AvgIpc) is 3.12. The SMILES string of the molecule is C#CC(O)(c1ccc(Cc2ccc(C(O)(C#C)c3ccc(N4CCOCC4)cc3)cc2)cc1)c1ccc(N2CCOCC2)cc1. The van der Waals surface area contributed by atoms with E-state index >= 15 is 0 Å². The summed E-state index contributed by atoms with van der Waals surface area (Å²) in [6.07, 6.45) is 12.5. The van der Waals surface area contributed by atoms with Crippen LogP contribution in [0.15, 0.2) is 97.1 Å². The fourth-order valence-corrected chi connectivity index (χ4v) is 6.10. The van der Waals surface area contributed by atoms with Gasteiger partial charge in [0.1, 0.15) is 0 Å². The van der Waals surface area contributed by atoms with Crippen molar-refractivity contribution in [1.82, 2.24) is 0 Å². The maximum absolute atomic E-state index is 11.5. The van der Waals surface area contributed by atoms with Crippen molar-refractivity contribution in [2.24, 2.45) is 0 Å². The number of ether oxygens (including phenoxy) is 2. The normalized spacial score (nSPS) is 17.9. The zero-order valence-electron chi connectivity index (χ0n) is 25.4. The number of nitrogens with zero attached hydrogens (tertiary/aromatic N) is 2. The van der Waals surface area contributed by atoms with E-state index in [2.05, 4.69) is 21.6 Å². The Labute approximate surface area is 265 Å². The molecule has 2 aliphatic rings. The summed E-state index contributed by atoms with van der Waals surface area (Å²) in [6.45, 7) is 6.23. The molecule has 4 aromatic rings. The number of hydrogen-bond acceptors (Lipinski definition) is 6. The Morgan fingerprint density at radius 2 is 0.800 bits per heavy atom. The van der Waals surface area contributed by atoms with Gasteiger partial charge < -0.3 is 29.5 Å². The largest absolute Gasteiger partial charge is 0.378 e. The van der Waals surface area contributed by atoms with Gasteiger partial charge in [-0.25, -0.2) is 0 Å². The first-order valence-electron chi connectivity index (χ1n) is 15.4. The number of aliphatic hydroxyl groups is 2. The molecule has 0 radical (unpaired) electrons. The van der Waals surface area contributed by atoms with Gasteiger partial charge in [0.05, 0.1) is 26.4 Å². The van der Waals surface area contributed by atoms with Gasteiger partial charge in [0.15, 0.2) is 11.2 Å². The molecule has 0 amide bonds. The first-order chi connectivity index (χ1) is 21.9. The van der Waals surface area contributed by atoms with Crippen molar-refractivity contribution < 1.29 is 19.7 Å². The Bertz CT molecular complexity index is 1530. The summed E-state index contributed by atoms with van der Waals surface area (Å²) in [6, 6.07) is 31.1. The minimum absolute atomic E-state index is 0.641. The zero-order valence-corrected chi connectivity index (χ0v) is 25.4. The summed E-state index contributed by atoms with van der Waals surface area (Å²) in [5.74, 6) is 5.23. The molecule has 0 aliphatic carbocycles. The number of terminal acetylenes is 2. The van der Waals surface area contributed by atoms with E-state index < -0.39 is 11.2 Å². The van der Waals surface area contributed by atoms with E-state index in [0.29, 0.717) is 55.1 Å². The third-order valence-electron chi connectivity index (χ3n) is 8.89. The van der Waals surface area contributed by atoms with Gasteiger partial charge in [-0.1, -0.05) is 84.6 Å². The molecule has 0 bridgehead atoms. The third-order valence-corrected chi connectivity index (χ3v) is 8.89. The monoisotopic (exact) mass is 598 g/mol. The van der Waals surface area contributed by atoms with Crippen LogP contribution < -0.4 is 9.80 Å². The summed E-state index contributed by atoms with van der Waals surface area (Å²) < 4.78 is 10.9. The lowest BCUT2D eigenvalue weighted by Crippen LogP contribution is -2.36. The number of rotatable bonds is 8. The third kappa shape index (κ3) is 6.33. The molecule has 2 aliphatic heterocycles. The summed E-state index contributed by atoms with van der Waals surface area (Å²) in [4.78, 5) is 4.53. The molecule has 2 fully saturated rings. The lowest BCUT2D eigenvalue weighted by molar-refractivity contribution is 0.122. The van der Waals surface area contributed by atoms with Crippen LogP contribution in [0.5, 0.6) is 0 Å². The first kappa shape index (κ1) is 30.5. The van der Waals surface area contributed by atoms with Crippen molar-refractivity contribution in [3.8, 4) is 24.7 Å². The predicted octanol–water partition coefficient (Wildman–Crippen LogP) is 4.69. The number of benzene rings is 4. The van der Waals surface area contributed by atoms with Crippen LogP contribution in [0.4, 0.5) is 11.4 Å². The Morgan fingerprint density at radius 3 is 1.09 bits per heavy atom. The molecule has 6 nitrogen and oxygen atoms in total. The number of morpholine rings is 2. The van der Waals surface area contributed by atoms with E-state index in [1.807, 2.05) is 97.1 Å². The minimum Gasteiger partial charge on any atom is -0.378 e. The van der Waals surface area contributed by atoms with Gasteiger partial charge in [0.25, 0.3) is 0 Å². The second-order valence-electron chi connectivity index (χ2n) is 11.6. The molecule has 45 heavy (non-hydrogen) atoms. The Morgan fingerprint density at radius 1 is 0.511 bits per heavy atom. The van der Waals surface area contributed by atoms with Crippen LogP contribution in [0, 0.1) is 24.7 Å². The highest BCUT2D eigenvalue weighted by molar-refractivity contribution is 5.54. The maximum Gasteiger partial charge on any atom is 0.176 e. The van der Waals surface area contributed by atoms with E-state index in [-0.39, 0.29) is 0 Å². The molecule has 6 rings (SSSR count). The van der Waals surface area contributed by atoms with Crippen molar-refractivity contribution in [2.45, 2.75) is 17.6 Å². The van der Waals surface area contributed by atoms with E-state index in [4.69, 9.17) is 22.3 Å². The topological polar surface area (TPSA) is 65.4 Å². The van der Waals surface area contributed by atoms with Gasteiger partial charge in [0.2, 0.25) is 0 Å². The first-order valence-corrected chi connectivity index (χ1v) is 15.4. The standard InChI is InChI=1S/C39H38N2O4/c1-3-38(42,34-13-17-36(18-14-34)40-21-25-44-26-22-40)32-9-5-30(6-10-32)29-31-7-11-33(12-8-31)39(43,4-2)35-15-19-37(20-16-35)41-23-27-45-28-24-41/h1-2,5-20,42-43H,21-29H2. The second kappa shape index (κ2) is 13.2. The lowest BCUT2D eigenvalue weighted by atomic mass is 9.85. The molecule has 2 atom stereocenters. The van der Waals surface area contributed by atoms with E-state index in [1.165, 1.54) is 0 Å². The molecule has 0 saturated carbocycles. The van der Waals surface area contributed by atoms with Gasteiger partial charge in [-0.2, -0.15) is 0 Å². The van der Waals surface area contributed by atoms with Crippen LogP contribution in [0.1, 0.15) is 33.4 Å². The fourth-order valence-electron chi connectivity index (χ4n) is 6.10. The predicted molar refractivity (Wildman–Crippen MR) is 178 cm³/mol. The van der Waals surface area contributed by atoms with Crippen LogP contribution in [-0.4, -0.2) is 62.8 Å². The molecule has 0 spiro atoms. The molecular formula is C39H38N2O4. The molecule has 2 saturated heterocycles. The van der Waals surface area contributed by atoms with Crippen LogP contribution >= 0.6 is 0 Å². The van der Waals surface area contributed by atoms with E-state index in [0.717, 1.165) is 48.7 Å². The van der Waals surface area contributed by atoms with Crippen molar-refractivity contribution in [1.29, 1.82) is 0 Å². The quantitative estimate of drug-likeness (QED) is 0.287. The van der Waals surface area contributed by atoms with E-state index in [9.17, 15) is 10.2 Å². The average molecular weight is 599 g/mol. The van der Waals surface area contributed by atoms with Crippen LogP contribution in [0.2, 0.25) is 0 Å². The highest BCUT2D eigenvalue weighted by Gasteiger charge is 2.31. The molecule has 2 heterocycles.